The molecule has 3 aliphatic heterocycles. The van der Waals surface area contributed by atoms with Crippen LogP contribution in [0.2, 0.25) is 0 Å². The van der Waals surface area contributed by atoms with Crippen LogP contribution >= 0.6 is 0 Å². The number of hydrogen-bond acceptors (Lipinski definition) is 4. The zero-order chi connectivity index (χ0) is 12.8. The lowest BCUT2D eigenvalue weighted by Crippen LogP contribution is -2.60. The molecule has 6 heteroatoms. The Kier molecular flexibility index (Phi) is 2.86. The molecule has 0 aliphatic carbocycles. The molecule has 100 valence electrons. The average Bonchev–Trinajstić information content (AvgIpc) is 2.70. The summed E-state index contributed by atoms with van der Waals surface area (Å²) in [4.78, 5) is 3.88. The third-order valence-corrected chi connectivity index (χ3v) is 4.18. The number of nitrogens with one attached hydrogen (secondary N) is 1. The standard InChI is InChI=1S/C12H17F2N3O/c13-11(14)12(3-4-16-9(15)5-12)10-8-2-1-7(18-8)6-17-10/h3-4,7-8,10-11,17H,1-2,5-6H2,(H2,15,16). The summed E-state index contributed by atoms with van der Waals surface area (Å²) in [7, 11) is 0. The lowest BCUT2D eigenvalue weighted by Gasteiger charge is -2.44. The number of halogens is 2. The number of rotatable bonds is 2. The zero-order valence-electron chi connectivity index (χ0n) is 9.98. The van der Waals surface area contributed by atoms with Gasteiger partial charge < -0.3 is 15.8 Å². The molecule has 3 aliphatic rings. The van der Waals surface area contributed by atoms with Gasteiger partial charge in [-0.1, -0.05) is 6.08 Å². The molecule has 0 aromatic carbocycles. The van der Waals surface area contributed by atoms with Crippen molar-refractivity contribution in [2.75, 3.05) is 6.54 Å². The van der Waals surface area contributed by atoms with Crippen LogP contribution < -0.4 is 11.1 Å². The highest BCUT2D eigenvalue weighted by Crippen LogP contribution is 2.43. The lowest BCUT2D eigenvalue weighted by atomic mass is 9.73. The van der Waals surface area contributed by atoms with Gasteiger partial charge in [0, 0.05) is 25.2 Å². The topological polar surface area (TPSA) is 59.6 Å². The number of nitrogens with two attached hydrogens (primary N) is 1. The number of hydrogen-bond donors (Lipinski definition) is 2. The Morgan fingerprint density at radius 1 is 1.50 bits per heavy atom. The van der Waals surface area contributed by atoms with Gasteiger partial charge in [-0.15, -0.1) is 0 Å². The molecule has 3 rings (SSSR count). The Labute approximate surface area is 104 Å². The van der Waals surface area contributed by atoms with Crippen LogP contribution in [0.5, 0.6) is 0 Å². The van der Waals surface area contributed by atoms with E-state index in [1.807, 2.05) is 0 Å². The first-order valence-electron chi connectivity index (χ1n) is 6.29. The first-order valence-corrected chi connectivity index (χ1v) is 6.29. The van der Waals surface area contributed by atoms with Crippen molar-refractivity contribution < 1.29 is 13.5 Å². The summed E-state index contributed by atoms with van der Waals surface area (Å²) in [5.41, 5.74) is 4.36. The normalized spacial score (nSPS) is 43.3. The number of nitrogens with zero attached hydrogens (tertiary/aromatic N) is 1. The van der Waals surface area contributed by atoms with Crippen molar-refractivity contribution in [2.45, 2.75) is 43.9 Å². The summed E-state index contributed by atoms with van der Waals surface area (Å²) >= 11 is 0. The van der Waals surface area contributed by atoms with Crippen LogP contribution in [0.1, 0.15) is 19.3 Å². The molecule has 2 fully saturated rings. The van der Waals surface area contributed by atoms with E-state index >= 15 is 0 Å². The van der Waals surface area contributed by atoms with E-state index in [-0.39, 0.29) is 30.5 Å². The van der Waals surface area contributed by atoms with E-state index in [2.05, 4.69) is 10.3 Å². The van der Waals surface area contributed by atoms with Gasteiger partial charge in [0.25, 0.3) is 0 Å². The van der Waals surface area contributed by atoms with Gasteiger partial charge in [0.1, 0.15) is 0 Å². The van der Waals surface area contributed by atoms with Crippen LogP contribution in [0.15, 0.2) is 17.3 Å². The molecule has 0 amide bonds. The fourth-order valence-electron chi connectivity index (χ4n) is 3.24. The second-order valence-corrected chi connectivity index (χ2v) is 5.29. The number of aliphatic imine (C=N–C) groups is 1. The van der Waals surface area contributed by atoms with E-state index in [4.69, 9.17) is 10.5 Å². The minimum atomic E-state index is -2.49. The van der Waals surface area contributed by atoms with Crippen LogP contribution in [0.25, 0.3) is 0 Å². The number of alkyl halides is 2. The van der Waals surface area contributed by atoms with Crippen molar-refractivity contribution in [1.29, 1.82) is 0 Å². The highest BCUT2D eigenvalue weighted by molar-refractivity contribution is 5.83. The number of amidine groups is 1. The molecule has 4 nitrogen and oxygen atoms in total. The third-order valence-electron chi connectivity index (χ3n) is 4.18. The van der Waals surface area contributed by atoms with Crippen LogP contribution in [0.4, 0.5) is 8.78 Å². The molecule has 4 unspecified atom stereocenters. The Morgan fingerprint density at radius 3 is 3.06 bits per heavy atom. The summed E-state index contributed by atoms with van der Waals surface area (Å²) in [6.45, 7) is 0.639. The molecule has 0 aromatic heterocycles. The maximum absolute atomic E-state index is 13.6. The second kappa shape index (κ2) is 4.28. The minimum absolute atomic E-state index is 0.0867. The number of morpholine rings is 1. The predicted molar refractivity (Wildman–Crippen MR) is 63.5 cm³/mol. The lowest BCUT2D eigenvalue weighted by molar-refractivity contribution is -0.0809. The Hall–Kier alpha value is -1.01. The largest absolute Gasteiger partial charge is 0.387 e. The average molecular weight is 257 g/mol. The van der Waals surface area contributed by atoms with E-state index in [0.29, 0.717) is 6.54 Å². The van der Waals surface area contributed by atoms with Crippen LogP contribution in [0.3, 0.4) is 0 Å². The van der Waals surface area contributed by atoms with Crippen LogP contribution in [0, 0.1) is 5.41 Å². The Morgan fingerprint density at radius 2 is 2.33 bits per heavy atom. The van der Waals surface area contributed by atoms with Gasteiger partial charge in [0.05, 0.1) is 23.5 Å². The number of fused-ring (bicyclic) bond motifs is 2. The van der Waals surface area contributed by atoms with E-state index in [1.165, 1.54) is 12.3 Å². The molecule has 3 heterocycles. The molecule has 2 saturated heterocycles. The molecule has 0 spiro atoms. The van der Waals surface area contributed by atoms with Gasteiger partial charge >= 0.3 is 0 Å². The maximum atomic E-state index is 13.6. The minimum Gasteiger partial charge on any atom is -0.387 e. The van der Waals surface area contributed by atoms with Crippen molar-refractivity contribution in [2.24, 2.45) is 16.1 Å². The Bertz CT molecular complexity index is 399. The monoisotopic (exact) mass is 257 g/mol. The van der Waals surface area contributed by atoms with E-state index < -0.39 is 11.8 Å². The SMILES string of the molecule is NC1=NC=CC(C(F)F)(C2NCC3CCC2O3)C1. The van der Waals surface area contributed by atoms with Crippen molar-refractivity contribution in [3.05, 3.63) is 12.3 Å². The third kappa shape index (κ3) is 1.75. The highest BCUT2D eigenvalue weighted by atomic mass is 19.3. The first-order chi connectivity index (χ1) is 8.62. The smallest absolute Gasteiger partial charge is 0.249 e. The van der Waals surface area contributed by atoms with E-state index in [9.17, 15) is 8.78 Å². The zero-order valence-corrected chi connectivity index (χ0v) is 9.98. The number of ether oxygens (including phenoxy) is 1. The summed E-state index contributed by atoms with van der Waals surface area (Å²) in [5.74, 6) is 0.264. The summed E-state index contributed by atoms with van der Waals surface area (Å²) in [5, 5.41) is 3.23. The molecule has 3 N–H and O–H groups in total. The molecule has 0 radical (unpaired) electrons. The van der Waals surface area contributed by atoms with Crippen LogP contribution in [-0.2, 0) is 4.74 Å². The fraction of sp³-hybridized carbons (Fsp3) is 0.750. The van der Waals surface area contributed by atoms with Crippen molar-refractivity contribution in [3.8, 4) is 0 Å². The van der Waals surface area contributed by atoms with E-state index in [0.717, 1.165) is 12.8 Å². The molecular weight excluding hydrogens is 240 g/mol. The van der Waals surface area contributed by atoms with Gasteiger partial charge in [0.2, 0.25) is 6.43 Å². The summed E-state index contributed by atoms with van der Waals surface area (Å²) in [6.07, 6.45) is 2.31. The van der Waals surface area contributed by atoms with Gasteiger partial charge in [-0.25, -0.2) is 13.8 Å². The summed E-state index contributed by atoms with van der Waals surface area (Å²) in [6, 6.07) is -0.387. The second-order valence-electron chi connectivity index (χ2n) is 5.29. The molecule has 0 aromatic rings. The Balaban J connectivity index is 1.90. The van der Waals surface area contributed by atoms with E-state index in [1.54, 1.807) is 0 Å². The van der Waals surface area contributed by atoms with Crippen molar-refractivity contribution >= 4 is 5.84 Å². The van der Waals surface area contributed by atoms with Crippen molar-refractivity contribution in [1.82, 2.24) is 5.32 Å². The molecule has 0 saturated carbocycles. The highest BCUT2D eigenvalue weighted by Gasteiger charge is 2.53. The van der Waals surface area contributed by atoms with Gasteiger partial charge in [0.15, 0.2) is 0 Å². The van der Waals surface area contributed by atoms with Crippen LogP contribution in [-0.4, -0.2) is 37.1 Å². The maximum Gasteiger partial charge on any atom is 0.249 e. The quantitative estimate of drug-likeness (QED) is 0.777. The first kappa shape index (κ1) is 12.0. The van der Waals surface area contributed by atoms with Gasteiger partial charge in [-0.05, 0) is 12.8 Å². The van der Waals surface area contributed by atoms with Gasteiger partial charge in [-0.3, -0.25) is 0 Å². The molecule has 4 atom stereocenters. The molecule has 18 heavy (non-hydrogen) atoms. The van der Waals surface area contributed by atoms with Crippen molar-refractivity contribution in [3.63, 3.8) is 0 Å². The fourth-order valence-corrected chi connectivity index (χ4v) is 3.24. The molecule has 2 bridgehead atoms. The summed E-state index contributed by atoms with van der Waals surface area (Å²) < 4.78 is 33.0. The molecular formula is C12H17F2N3O. The predicted octanol–water partition coefficient (Wildman–Crippen LogP) is 1.03. The van der Waals surface area contributed by atoms with Gasteiger partial charge in [-0.2, -0.15) is 0 Å².